The van der Waals surface area contributed by atoms with Crippen LogP contribution in [0.2, 0.25) is 0 Å². The van der Waals surface area contributed by atoms with E-state index in [1.54, 1.807) is 14.2 Å². The summed E-state index contributed by atoms with van der Waals surface area (Å²) in [5, 5.41) is 2.39. The average Bonchev–Trinajstić information content (AvgIpc) is 3.61. The van der Waals surface area contributed by atoms with E-state index in [0.29, 0.717) is 11.5 Å². The Bertz CT molecular complexity index is 1940. The van der Waals surface area contributed by atoms with Gasteiger partial charge in [-0.2, -0.15) is 0 Å². The van der Waals surface area contributed by atoms with Crippen LogP contribution in [0.25, 0.3) is 44.3 Å². The first-order chi connectivity index (χ1) is 21.1. The molecule has 2 N–H and O–H groups in total. The summed E-state index contributed by atoms with van der Waals surface area (Å²) in [6.07, 6.45) is 0. The molecular weight excluding hydrogens is 528 g/mol. The van der Waals surface area contributed by atoms with Crippen molar-refractivity contribution in [3.63, 3.8) is 0 Å². The Balaban J connectivity index is 1.62. The topological polar surface area (TPSA) is 50.0 Å². The van der Waals surface area contributed by atoms with Crippen LogP contribution in [0, 0.1) is 13.8 Å². The zero-order valence-corrected chi connectivity index (χ0v) is 24.9. The summed E-state index contributed by atoms with van der Waals surface area (Å²) in [5.74, 6) is 1.28. The Morgan fingerprint density at radius 2 is 0.977 bits per heavy atom. The third kappa shape index (κ3) is 4.65. The highest BCUT2D eigenvalue weighted by molar-refractivity contribution is 5.97. The molecule has 0 aliphatic rings. The molecule has 4 nitrogen and oxygen atoms in total. The van der Waals surface area contributed by atoms with Crippen LogP contribution in [0.1, 0.15) is 33.7 Å². The molecule has 7 rings (SSSR count). The molecule has 2 aromatic heterocycles. The summed E-state index contributed by atoms with van der Waals surface area (Å²) in [6, 6.07) is 41.1. The molecule has 0 atom stereocenters. The van der Waals surface area contributed by atoms with Gasteiger partial charge in [0, 0.05) is 27.7 Å². The maximum absolute atomic E-state index is 5.85. The van der Waals surface area contributed by atoms with Gasteiger partial charge in [-0.25, -0.2) is 0 Å². The number of aromatic amines is 2. The van der Waals surface area contributed by atoms with E-state index in [2.05, 4.69) is 133 Å². The Labute approximate surface area is 251 Å². The SMILES string of the molecule is COc1ccc(C(c2c(-c3ccc(C)cc3)[nH]c3ccccc23)c2c(-c3ccc(C)cc3)[nH]c3ccccc23)cc1OC. The second-order valence-electron chi connectivity index (χ2n) is 11.2. The zero-order chi connectivity index (χ0) is 29.5. The van der Waals surface area contributed by atoms with Gasteiger partial charge < -0.3 is 19.4 Å². The predicted molar refractivity (Wildman–Crippen MR) is 177 cm³/mol. The second kappa shape index (κ2) is 10.9. The number of methoxy groups -OCH3 is 2. The number of hydrogen-bond donors (Lipinski definition) is 2. The first-order valence-corrected chi connectivity index (χ1v) is 14.6. The normalized spacial score (nSPS) is 11.5. The van der Waals surface area contributed by atoms with Crippen LogP contribution >= 0.6 is 0 Å². The molecule has 0 radical (unpaired) electrons. The predicted octanol–water partition coefficient (Wildman–Crippen LogP) is 9.80. The van der Waals surface area contributed by atoms with Gasteiger partial charge in [0.1, 0.15) is 0 Å². The fourth-order valence-electron chi connectivity index (χ4n) is 6.33. The molecule has 0 bridgehead atoms. The molecular formula is C39H34N2O2. The molecule has 0 fully saturated rings. The molecule has 2 heterocycles. The Hall–Kier alpha value is -5.22. The van der Waals surface area contributed by atoms with Gasteiger partial charge in [0.2, 0.25) is 0 Å². The maximum Gasteiger partial charge on any atom is 0.161 e. The number of para-hydroxylation sites is 2. The lowest BCUT2D eigenvalue weighted by Gasteiger charge is -2.23. The molecule has 0 amide bonds. The minimum absolute atomic E-state index is 0.139. The number of fused-ring (bicyclic) bond motifs is 2. The molecule has 7 aromatic rings. The van der Waals surface area contributed by atoms with Crippen molar-refractivity contribution < 1.29 is 9.47 Å². The Morgan fingerprint density at radius 3 is 1.44 bits per heavy atom. The third-order valence-electron chi connectivity index (χ3n) is 8.49. The van der Waals surface area contributed by atoms with E-state index >= 15 is 0 Å². The first kappa shape index (κ1) is 26.7. The monoisotopic (exact) mass is 562 g/mol. The molecule has 0 saturated heterocycles. The zero-order valence-electron chi connectivity index (χ0n) is 24.9. The van der Waals surface area contributed by atoms with Crippen LogP contribution in [0.15, 0.2) is 115 Å². The van der Waals surface area contributed by atoms with Crippen molar-refractivity contribution >= 4 is 21.8 Å². The summed E-state index contributed by atoms with van der Waals surface area (Å²) in [5.41, 5.74) is 12.8. The lowest BCUT2D eigenvalue weighted by molar-refractivity contribution is 0.354. The number of nitrogens with one attached hydrogen (secondary N) is 2. The quantitative estimate of drug-likeness (QED) is 0.203. The number of H-pyrrole nitrogens is 2. The van der Waals surface area contributed by atoms with Gasteiger partial charge in [-0.1, -0.05) is 102 Å². The summed E-state index contributed by atoms with van der Waals surface area (Å²) in [7, 11) is 3.38. The van der Waals surface area contributed by atoms with E-state index < -0.39 is 0 Å². The van der Waals surface area contributed by atoms with Gasteiger partial charge in [0.25, 0.3) is 0 Å². The molecule has 212 valence electrons. The van der Waals surface area contributed by atoms with Crippen molar-refractivity contribution in [1.82, 2.24) is 9.97 Å². The molecule has 43 heavy (non-hydrogen) atoms. The van der Waals surface area contributed by atoms with E-state index in [0.717, 1.165) is 39.1 Å². The van der Waals surface area contributed by atoms with Crippen LogP contribution in [-0.4, -0.2) is 24.2 Å². The van der Waals surface area contributed by atoms with Crippen LogP contribution < -0.4 is 9.47 Å². The summed E-state index contributed by atoms with van der Waals surface area (Å²) in [6.45, 7) is 4.25. The van der Waals surface area contributed by atoms with Gasteiger partial charge in [-0.15, -0.1) is 0 Å². The van der Waals surface area contributed by atoms with Gasteiger partial charge in [0.15, 0.2) is 11.5 Å². The smallest absolute Gasteiger partial charge is 0.161 e. The van der Waals surface area contributed by atoms with Crippen LogP contribution in [-0.2, 0) is 0 Å². The molecule has 0 spiro atoms. The highest BCUT2D eigenvalue weighted by Gasteiger charge is 2.31. The first-order valence-electron chi connectivity index (χ1n) is 14.6. The summed E-state index contributed by atoms with van der Waals surface area (Å²) < 4.78 is 11.5. The van der Waals surface area contributed by atoms with Gasteiger partial charge in [-0.05, 0) is 65.9 Å². The average molecular weight is 563 g/mol. The molecule has 0 saturated carbocycles. The largest absolute Gasteiger partial charge is 0.493 e. The van der Waals surface area contributed by atoms with Crippen LogP contribution in [0.4, 0.5) is 0 Å². The third-order valence-corrected chi connectivity index (χ3v) is 8.49. The molecule has 5 aromatic carbocycles. The lowest BCUT2D eigenvalue weighted by atomic mass is 9.80. The van der Waals surface area contributed by atoms with Crippen LogP contribution in [0.3, 0.4) is 0 Å². The number of rotatable bonds is 7. The maximum atomic E-state index is 5.85. The van der Waals surface area contributed by atoms with Gasteiger partial charge in [-0.3, -0.25) is 0 Å². The van der Waals surface area contributed by atoms with E-state index in [9.17, 15) is 0 Å². The lowest BCUT2D eigenvalue weighted by Crippen LogP contribution is -2.07. The van der Waals surface area contributed by atoms with Crippen molar-refractivity contribution in [3.8, 4) is 34.0 Å². The fourth-order valence-corrected chi connectivity index (χ4v) is 6.33. The number of ether oxygens (including phenoxy) is 2. The number of aromatic nitrogens is 2. The molecule has 0 aliphatic carbocycles. The number of hydrogen-bond acceptors (Lipinski definition) is 2. The van der Waals surface area contributed by atoms with Crippen molar-refractivity contribution in [1.29, 1.82) is 0 Å². The van der Waals surface area contributed by atoms with Crippen molar-refractivity contribution in [2.24, 2.45) is 0 Å². The van der Waals surface area contributed by atoms with E-state index in [-0.39, 0.29) is 5.92 Å². The van der Waals surface area contributed by atoms with Crippen molar-refractivity contribution in [3.05, 3.63) is 143 Å². The van der Waals surface area contributed by atoms with Gasteiger partial charge in [0.05, 0.1) is 25.6 Å². The van der Waals surface area contributed by atoms with Gasteiger partial charge >= 0.3 is 0 Å². The summed E-state index contributed by atoms with van der Waals surface area (Å²) >= 11 is 0. The second-order valence-corrected chi connectivity index (χ2v) is 11.2. The minimum Gasteiger partial charge on any atom is -0.493 e. The highest BCUT2D eigenvalue weighted by atomic mass is 16.5. The van der Waals surface area contributed by atoms with E-state index in [4.69, 9.17) is 9.47 Å². The molecule has 0 aliphatic heterocycles. The van der Waals surface area contributed by atoms with E-state index in [1.807, 2.05) is 6.07 Å². The molecule has 0 unspecified atom stereocenters. The Kier molecular flexibility index (Phi) is 6.75. The van der Waals surface area contributed by atoms with E-state index in [1.165, 1.54) is 33.0 Å². The van der Waals surface area contributed by atoms with Crippen molar-refractivity contribution in [2.45, 2.75) is 19.8 Å². The number of benzene rings is 5. The molecule has 4 heteroatoms. The Morgan fingerprint density at radius 1 is 0.512 bits per heavy atom. The van der Waals surface area contributed by atoms with Crippen molar-refractivity contribution in [2.75, 3.05) is 14.2 Å². The fraction of sp³-hybridized carbons (Fsp3) is 0.128. The highest BCUT2D eigenvalue weighted by Crippen LogP contribution is 2.48. The summed E-state index contributed by atoms with van der Waals surface area (Å²) in [4.78, 5) is 7.62. The minimum atomic E-state index is -0.139. The standard InChI is InChI=1S/C39H34N2O2/c1-24-13-17-26(18-14-24)38-36(29-9-5-7-11-31(29)40-38)35(28-21-22-33(42-3)34(23-28)43-4)37-30-10-6-8-12-32(30)41-39(37)27-19-15-25(2)16-20-27/h5-23,35,40-41H,1-4H3. The van der Waals surface area contributed by atoms with Crippen LogP contribution in [0.5, 0.6) is 11.5 Å². The number of aryl methyl sites for hydroxylation is 2.